The van der Waals surface area contributed by atoms with Crippen LogP contribution in [0.15, 0.2) is 35.9 Å². The minimum atomic E-state index is -1.05. The molecular formula is C22H24O4. The first-order valence-corrected chi connectivity index (χ1v) is 9.22. The Bertz CT molecular complexity index is 863. The van der Waals surface area contributed by atoms with Gasteiger partial charge in [0.2, 0.25) is 0 Å². The predicted molar refractivity (Wildman–Crippen MR) is 98.9 cm³/mol. The first kappa shape index (κ1) is 17.2. The average molecular weight is 352 g/mol. The van der Waals surface area contributed by atoms with Crippen LogP contribution in [0.3, 0.4) is 0 Å². The van der Waals surface area contributed by atoms with Gasteiger partial charge in [0, 0.05) is 17.9 Å². The van der Waals surface area contributed by atoms with Crippen molar-refractivity contribution in [3.05, 3.63) is 47.0 Å². The van der Waals surface area contributed by atoms with Crippen LogP contribution in [0.25, 0.3) is 11.1 Å². The molecule has 0 amide bonds. The summed E-state index contributed by atoms with van der Waals surface area (Å²) in [6.07, 6.45) is 2.87. The van der Waals surface area contributed by atoms with Crippen LogP contribution >= 0.6 is 0 Å². The molecule has 1 saturated carbocycles. The normalized spacial score (nSPS) is 33.9. The van der Waals surface area contributed by atoms with Crippen LogP contribution in [-0.2, 0) is 14.3 Å². The summed E-state index contributed by atoms with van der Waals surface area (Å²) in [5, 5.41) is 10.4. The number of fused-ring (bicyclic) bond motifs is 5. The van der Waals surface area contributed by atoms with Crippen LogP contribution in [-0.4, -0.2) is 30.6 Å². The summed E-state index contributed by atoms with van der Waals surface area (Å²) >= 11 is 0. The van der Waals surface area contributed by atoms with E-state index in [2.05, 4.69) is 6.92 Å². The first-order valence-electron chi connectivity index (χ1n) is 9.22. The van der Waals surface area contributed by atoms with Gasteiger partial charge in [-0.05, 0) is 41.9 Å². The van der Waals surface area contributed by atoms with Crippen molar-refractivity contribution in [1.29, 1.82) is 0 Å². The van der Waals surface area contributed by atoms with E-state index < -0.39 is 11.4 Å². The van der Waals surface area contributed by atoms with Crippen LogP contribution in [0, 0.1) is 23.2 Å². The lowest BCUT2D eigenvalue weighted by Gasteiger charge is -2.41. The maximum absolute atomic E-state index is 13.1. The van der Waals surface area contributed by atoms with Crippen molar-refractivity contribution in [3.8, 4) is 0 Å². The van der Waals surface area contributed by atoms with Crippen LogP contribution in [0.5, 0.6) is 0 Å². The van der Waals surface area contributed by atoms with Crippen molar-refractivity contribution in [2.75, 3.05) is 13.7 Å². The molecule has 1 aromatic rings. The van der Waals surface area contributed by atoms with Gasteiger partial charge in [0.1, 0.15) is 5.41 Å². The number of Topliss-reactive ketones (excluding diaryl/α,β-unsaturated/α-hetero) is 1. The smallest absolute Gasteiger partial charge is 0.315 e. The molecule has 4 rings (SSSR count). The van der Waals surface area contributed by atoms with Crippen molar-refractivity contribution in [2.45, 2.75) is 26.7 Å². The number of aliphatic hydroxyl groups excluding tert-OH is 1. The third-order valence-corrected chi connectivity index (χ3v) is 6.89. The summed E-state index contributed by atoms with van der Waals surface area (Å²) in [6.45, 7) is 3.76. The standard InChI is InChI=1S/C22H24O4/c1-4-13-12(2)17-9-16-14-7-5-6-8-15(14)20(16)19(24)10-18(13)22(17,11-23)21(25)26-3/h4-8,12,17-18,23H,9-11H2,1-3H3/b13-4-/t12-,17-,18-,22-/m0/s1. The summed E-state index contributed by atoms with van der Waals surface area (Å²) in [5.41, 5.74) is 4.04. The van der Waals surface area contributed by atoms with Gasteiger partial charge in [-0.15, -0.1) is 0 Å². The van der Waals surface area contributed by atoms with E-state index in [-0.39, 0.29) is 36.6 Å². The van der Waals surface area contributed by atoms with E-state index in [1.807, 2.05) is 37.3 Å². The number of aliphatic hydroxyl groups is 1. The molecule has 2 bridgehead atoms. The number of carbonyl (C=O) groups is 2. The summed E-state index contributed by atoms with van der Waals surface area (Å²) in [4.78, 5) is 26.0. The van der Waals surface area contributed by atoms with Gasteiger partial charge < -0.3 is 9.84 Å². The lowest BCUT2D eigenvalue weighted by molar-refractivity contribution is -0.162. The van der Waals surface area contributed by atoms with Crippen molar-refractivity contribution in [3.63, 3.8) is 0 Å². The number of hydrogen-bond donors (Lipinski definition) is 1. The van der Waals surface area contributed by atoms with Gasteiger partial charge in [0.15, 0.2) is 5.78 Å². The number of esters is 1. The zero-order valence-corrected chi connectivity index (χ0v) is 15.4. The number of ketones is 1. The van der Waals surface area contributed by atoms with Gasteiger partial charge in [-0.1, -0.05) is 42.8 Å². The van der Waals surface area contributed by atoms with E-state index in [9.17, 15) is 14.7 Å². The zero-order valence-electron chi connectivity index (χ0n) is 15.4. The number of allylic oxidation sites excluding steroid dienone is 4. The highest BCUT2D eigenvalue weighted by Crippen LogP contribution is 2.62. The molecule has 3 aliphatic carbocycles. The molecule has 136 valence electrons. The Morgan fingerprint density at radius 1 is 1.31 bits per heavy atom. The minimum absolute atomic E-state index is 0.0670. The molecule has 4 heteroatoms. The average Bonchev–Trinajstić information content (AvgIpc) is 2.87. The van der Waals surface area contributed by atoms with Gasteiger partial charge in [-0.3, -0.25) is 9.59 Å². The number of carbonyl (C=O) groups excluding carboxylic acids is 2. The molecule has 0 aromatic heterocycles. The molecule has 0 spiro atoms. The second-order valence-electron chi connectivity index (χ2n) is 7.66. The predicted octanol–water partition coefficient (Wildman–Crippen LogP) is 3.25. The van der Waals surface area contributed by atoms with Crippen LogP contribution in [0.2, 0.25) is 0 Å². The molecular weight excluding hydrogens is 328 g/mol. The third kappa shape index (κ3) is 1.94. The molecule has 0 aliphatic heterocycles. The Balaban J connectivity index is 1.91. The Hall–Kier alpha value is -2.20. The number of methoxy groups -OCH3 is 1. The van der Waals surface area contributed by atoms with Gasteiger partial charge >= 0.3 is 5.97 Å². The molecule has 0 radical (unpaired) electrons. The van der Waals surface area contributed by atoms with Crippen LogP contribution in [0.4, 0.5) is 0 Å². The van der Waals surface area contributed by atoms with Gasteiger partial charge in [-0.25, -0.2) is 0 Å². The van der Waals surface area contributed by atoms with Crippen molar-refractivity contribution in [1.82, 2.24) is 0 Å². The van der Waals surface area contributed by atoms with Crippen molar-refractivity contribution >= 4 is 22.9 Å². The van der Waals surface area contributed by atoms with Crippen LogP contribution in [0.1, 0.15) is 37.8 Å². The number of ether oxygens (including phenoxy) is 1. The van der Waals surface area contributed by atoms with E-state index >= 15 is 0 Å². The fourth-order valence-corrected chi connectivity index (χ4v) is 5.69. The topological polar surface area (TPSA) is 63.6 Å². The molecule has 4 nitrogen and oxygen atoms in total. The molecule has 1 N–H and O–H groups in total. The second kappa shape index (κ2) is 5.92. The zero-order chi connectivity index (χ0) is 18.6. The maximum atomic E-state index is 13.1. The van der Waals surface area contributed by atoms with E-state index in [0.29, 0.717) is 6.42 Å². The highest BCUT2D eigenvalue weighted by Gasteiger charge is 2.62. The molecule has 0 heterocycles. The lowest BCUT2D eigenvalue weighted by Crippen LogP contribution is -2.47. The Labute approximate surface area is 153 Å². The monoisotopic (exact) mass is 352 g/mol. The molecule has 0 unspecified atom stereocenters. The molecule has 1 fully saturated rings. The minimum Gasteiger partial charge on any atom is -0.468 e. The summed E-state index contributed by atoms with van der Waals surface area (Å²) in [6, 6.07) is 7.96. The molecule has 0 saturated heterocycles. The van der Waals surface area contributed by atoms with Gasteiger partial charge in [0.25, 0.3) is 0 Å². The van der Waals surface area contributed by atoms with Gasteiger partial charge in [0.05, 0.1) is 13.7 Å². The van der Waals surface area contributed by atoms with E-state index in [0.717, 1.165) is 27.8 Å². The third-order valence-electron chi connectivity index (χ3n) is 6.89. The van der Waals surface area contributed by atoms with E-state index in [1.165, 1.54) is 7.11 Å². The van der Waals surface area contributed by atoms with Crippen molar-refractivity contribution < 1.29 is 19.4 Å². The molecule has 3 aliphatic rings. The Morgan fingerprint density at radius 2 is 2.00 bits per heavy atom. The molecule has 4 atom stereocenters. The molecule has 1 aromatic carbocycles. The SMILES string of the molecule is C/C=C1/[C@H](C)[C@@H]2CC3=C(C(=O)C[C@@H]1[C@@]2(CO)C(=O)OC)c1ccccc13. The van der Waals surface area contributed by atoms with E-state index in [4.69, 9.17) is 4.74 Å². The number of hydrogen-bond acceptors (Lipinski definition) is 4. The Morgan fingerprint density at radius 3 is 2.62 bits per heavy atom. The molecule has 26 heavy (non-hydrogen) atoms. The lowest BCUT2D eigenvalue weighted by atomic mass is 9.62. The fraction of sp³-hybridized carbons (Fsp3) is 0.455. The Kier molecular flexibility index (Phi) is 3.92. The quantitative estimate of drug-likeness (QED) is 0.655. The highest BCUT2D eigenvalue weighted by molar-refractivity contribution is 6.34. The van der Waals surface area contributed by atoms with Gasteiger partial charge in [-0.2, -0.15) is 0 Å². The van der Waals surface area contributed by atoms with Crippen LogP contribution < -0.4 is 0 Å². The summed E-state index contributed by atoms with van der Waals surface area (Å²) in [5.74, 6) is -0.606. The largest absolute Gasteiger partial charge is 0.468 e. The highest BCUT2D eigenvalue weighted by atomic mass is 16.5. The van der Waals surface area contributed by atoms with Crippen molar-refractivity contribution in [2.24, 2.45) is 23.2 Å². The fourth-order valence-electron chi connectivity index (χ4n) is 5.69. The maximum Gasteiger partial charge on any atom is 0.315 e. The number of benzene rings is 1. The summed E-state index contributed by atoms with van der Waals surface area (Å²) < 4.78 is 5.13. The van der Waals surface area contributed by atoms with E-state index in [1.54, 1.807) is 0 Å². The summed E-state index contributed by atoms with van der Waals surface area (Å²) in [7, 11) is 1.36. The number of rotatable bonds is 2. The second-order valence-corrected chi connectivity index (χ2v) is 7.66. The first-order chi connectivity index (χ1) is 12.5.